The van der Waals surface area contributed by atoms with Crippen LogP contribution in [0.4, 0.5) is 5.69 Å². The van der Waals surface area contributed by atoms with Crippen molar-refractivity contribution >= 4 is 16.6 Å². The Morgan fingerprint density at radius 1 is 1.57 bits per heavy atom. The molecular formula is C8H4N4O2. The molecule has 2 aromatic rings. The van der Waals surface area contributed by atoms with E-state index < -0.39 is 4.92 Å². The van der Waals surface area contributed by atoms with E-state index in [4.69, 9.17) is 5.26 Å². The number of rotatable bonds is 1. The van der Waals surface area contributed by atoms with Crippen molar-refractivity contribution in [3.05, 3.63) is 34.0 Å². The third-order valence-corrected chi connectivity index (χ3v) is 1.86. The zero-order chi connectivity index (χ0) is 10.1. The molecular weight excluding hydrogens is 184 g/mol. The molecule has 1 N–H and O–H groups in total. The van der Waals surface area contributed by atoms with Gasteiger partial charge in [-0.3, -0.25) is 15.2 Å². The van der Waals surface area contributed by atoms with Crippen molar-refractivity contribution in [1.29, 1.82) is 5.26 Å². The number of aromatic amines is 1. The van der Waals surface area contributed by atoms with E-state index in [2.05, 4.69) is 10.2 Å². The van der Waals surface area contributed by atoms with E-state index in [9.17, 15) is 10.1 Å². The van der Waals surface area contributed by atoms with Crippen LogP contribution >= 0.6 is 0 Å². The number of nitrogens with one attached hydrogen (secondary N) is 1. The van der Waals surface area contributed by atoms with Gasteiger partial charge in [0.2, 0.25) is 0 Å². The Hall–Kier alpha value is -2.42. The quantitative estimate of drug-likeness (QED) is 0.539. The monoisotopic (exact) mass is 188 g/mol. The number of aromatic nitrogens is 2. The van der Waals surface area contributed by atoms with Crippen LogP contribution in [0.3, 0.4) is 0 Å². The molecule has 0 saturated heterocycles. The van der Waals surface area contributed by atoms with Crippen molar-refractivity contribution in [2.24, 2.45) is 0 Å². The molecule has 0 unspecified atom stereocenters. The molecule has 2 rings (SSSR count). The highest BCUT2D eigenvalue weighted by Gasteiger charge is 2.10. The SMILES string of the molecule is N#Cc1n[nH]c2cc([N+](=O)[O-])ccc12. The highest BCUT2D eigenvalue weighted by atomic mass is 16.6. The number of nitro groups is 1. The molecule has 1 heterocycles. The molecule has 0 atom stereocenters. The van der Waals surface area contributed by atoms with Gasteiger partial charge in [0.15, 0.2) is 5.69 Å². The predicted molar refractivity (Wildman–Crippen MR) is 47.5 cm³/mol. The van der Waals surface area contributed by atoms with Crippen molar-refractivity contribution < 1.29 is 4.92 Å². The average molecular weight is 188 g/mol. The second-order valence-electron chi connectivity index (χ2n) is 2.67. The molecule has 14 heavy (non-hydrogen) atoms. The fourth-order valence-electron chi connectivity index (χ4n) is 1.21. The maximum atomic E-state index is 10.4. The summed E-state index contributed by atoms with van der Waals surface area (Å²) >= 11 is 0. The predicted octanol–water partition coefficient (Wildman–Crippen LogP) is 1.34. The van der Waals surface area contributed by atoms with E-state index in [1.54, 1.807) is 0 Å². The minimum Gasteiger partial charge on any atom is -0.276 e. The lowest BCUT2D eigenvalue weighted by molar-refractivity contribution is -0.384. The number of benzene rings is 1. The first-order valence-corrected chi connectivity index (χ1v) is 3.75. The highest BCUT2D eigenvalue weighted by Crippen LogP contribution is 2.20. The van der Waals surface area contributed by atoms with Crippen LogP contribution in [0.15, 0.2) is 18.2 Å². The van der Waals surface area contributed by atoms with Crippen molar-refractivity contribution in [1.82, 2.24) is 10.2 Å². The standard InChI is InChI=1S/C8H4N4O2/c9-4-8-6-2-1-5(12(13)14)3-7(6)10-11-8/h1-3H,(H,10,11). The molecule has 0 saturated carbocycles. The summed E-state index contributed by atoms with van der Waals surface area (Å²) in [5, 5.41) is 25.9. The van der Waals surface area contributed by atoms with Crippen LogP contribution < -0.4 is 0 Å². The molecule has 68 valence electrons. The molecule has 0 fully saturated rings. The number of nitriles is 1. The Kier molecular flexibility index (Phi) is 1.65. The number of hydrogen-bond donors (Lipinski definition) is 1. The molecule has 1 aromatic carbocycles. The van der Waals surface area contributed by atoms with Gasteiger partial charge >= 0.3 is 0 Å². The molecule has 0 aliphatic heterocycles. The number of nitro benzene ring substituents is 1. The van der Waals surface area contributed by atoms with Crippen LogP contribution in [-0.4, -0.2) is 15.1 Å². The van der Waals surface area contributed by atoms with Gasteiger partial charge in [0.05, 0.1) is 10.4 Å². The zero-order valence-corrected chi connectivity index (χ0v) is 6.89. The van der Waals surface area contributed by atoms with Gasteiger partial charge in [-0.2, -0.15) is 10.4 Å². The Labute approximate surface area is 77.9 Å². The lowest BCUT2D eigenvalue weighted by Crippen LogP contribution is -1.86. The fourth-order valence-corrected chi connectivity index (χ4v) is 1.21. The first-order chi connectivity index (χ1) is 6.72. The summed E-state index contributed by atoms with van der Waals surface area (Å²) in [7, 11) is 0. The first-order valence-electron chi connectivity index (χ1n) is 3.75. The van der Waals surface area contributed by atoms with E-state index in [1.165, 1.54) is 18.2 Å². The van der Waals surface area contributed by atoms with Gasteiger partial charge in [-0.05, 0) is 6.07 Å². The van der Waals surface area contributed by atoms with Crippen molar-refractivity contribution in [3.8, 4) is 6.07 Å². The van der Waals surface area contributed by atoms with E-state index in [0.717, 1.165) is 0 Å². The number of non-ortho nitro benzene ring substituents is 1. The van der Waals surface area contributed by atoms with Crippen LogP contribution in [0.1, 0.15) is 5.69 Å². The minimum absolute atomic E-state index is 0.0226. The summed E-state index contributed by atoms with van der Waals surface area (Å²) in [5.74, 6) is 0. The van der Waals surface area contributed by atoms with E-state index >= 15 is 0 Å². The van der Waals surface area contributed by atoms with Crippen molar-refractivity contribution in [2.45, 2.75) is 0 Å². The molecule has 6 heteroatoms. The maximum Gasteiger partial charge on any atom is 0.271 e. The number of H-pyrrole nitrogens is 1. The summed E-state index contributed by atoms with van der Waals surface area (Å²) in [5.41, 5.74) is 0.719. The van der Waals surface area contributed by atoms with Gasteiger partial charge in [0.25, 0.3) is 5.69 Å². The largest absolute Gasteiger partial charge is 0.276 e. The lowest BCUT2D eigenvalue weighted by atomic mass is 10.2. The van der Waals surface area contributed by atoms with Crippen LogP contribution in [0, 0.1) is 21.4 Å². The van der Waals surface area contributed by atoms with Crippen molar-refractivity contribution in [2.75, 3.05) is 0 Å². The van der Waals surface area contributed by atoms with Crippen LogP contribution in [0.5, 0.6) is 0 Å². The van der Waals surface area contributed by atoms with Crippen LogP contribution in [0.25, 0.3) is 10.9 Å². The van der Waals surface area contributed by atoms with Gasteiger partial charge in [-0.15, -0.1) is 0 Å². The Bertz CT molecular complexity index is 552. The molecule has 0 aliphatic rings. The van der Waals surface area contributed by atoms with Crippen LogP contribution in [-0.2, 0) is 0 Å². The summed E-state index contributed by atoms with van der Waals surface area (Å²) in [6.45, 7) is 0. The maximum absolute atomic E-state index is 10.4. The second kappa shape index (κ2) is 2.81. The van der Waals surface area contributed by atoms with Gasteiger partial charge < -0.3 is 0 Å². The Morgan fingerprint density at radius 2 is 2.36 bits per heavy atom. The third-order valence-electron chi connectivity index (χ3n) is 1.86. The lowest BCUT2D eigenvalue weighted by Gasteiger charge is -1.90. The van der Waals surface area contributed by atoms with E-state index in [1.807, 2.05) is 6.07 Å². The normalized spacial score (nSPS) is 9.93. The second-order valence-corrected chi connectivity index (χ2v) is 2.67. The summed E-state index contributed by atoms with van der Waals surface area (Å²) in [6, 6.07) is 6.09. The van der Waals surface area contributed by atoms with Gasteiger partial charge in [0.1, 0.15) is 6.07 Å². The first kappa shape index (κ1) is 8.19. The fraction of sp³-hybridized carbons (Fsp3) is 0. The van der Waals surface area contributed by atoms with Gasteiger partial charge in [-0.25, -0.2) is 0 Å². The molecule has 0 bridgehead atoms. The molecule has 0 radical (unpaired) electrons. The molecule has 6 nitrogen and oxygen atoms in total. The summed E-state index contributed by atoms with van der Waals surface area (Å²) in [4.78, 5) is 9.93. The van der Waals surface area contributed by atoms with Crippen molar-refractivity contribution in [3.63, 3.8) is 0 Å². The van der Waals surface area contributed by atoms with Gasteiger partial charge in [-0.1, -0.05) is 0 Å². The zero-order valence-electron chi connectivity index (χ0n) is 6.89. The van der Waals surface area contributed by atoms with Gasteiger partial charge in [0, 0.05) is 17.5 Å². The number of fused-ring (bicyclic) bond motifs is 1. The smallest absolute Gasteiger partial charge is 0.271 e. The highest BCUT2D eigenvalue weighted by molar-refractivity contribution is 5.85. The molecule has 0 spiro atoms. The number of hydrogen-bond acceptors (Lipinski definition) is 4. The Balaban J connectivity index is 2.70. The third kappa shape index (κ3) is 1.08. The Morgan fingerprint density at radius 3 is 3.00 bits per heavy atom. The summed E-state index contributed by atoms with van der Waals surface area (Å²) < 4.78 is 0. The van der Waals surface area contributed by atoms with E-state index in [0.29, 0.717) is 10.9 Å². The molecule has 1 aromatic heterocycles. The summed E-state index contributed by atoms with van der Waals surface area (Å²) in [6.07, 6.45) is 0. The minimum atomic E-state index is -0.494. The average Bonchev–Trinajstić information content (AvgIpc) is 2.59. The molecule has 0 amide bonds. The molecule has 0 aliphatic carbocycles. The topological polar surface area (TPSA) is 95.6 Å². The number of nitrogens with zero attached hydrogens (tertiary/aromatic N) is 3. The van der Waals surface area contributed by atoms with Crippen LogP contribution in [0.2, 0.25) is 0 Å². The van der Waals surface area contributed by atoms with E-state index in [-0.39, 0.29) is 11.4 Å².